The van der Waals surface area contributed by atoms with Crippen molar-refractivity contribution in [1.29, 1.82) is 0 Å². The molecule has 0 aliphatic rings. The first-order valence-corrected chi connectivity index (χ1v) is 5.76. The molecule has 0 aromatic carbocycles. The zero-order valence-corrected chi connectivity index (χ0v) is 10.5. The van der Waals surface area contributed by atoms with Gasteiger partial charge in [0.15, 0.2) is 5.96 Å². The summed E-state index contributed by atoms with van der Waals surface area (Å²) in [5, 5.41) is 0. The standard InChI is InChI=1S/C11H25N3O/c1-5-10(6-2)14(8-9-15-4)11(12)13-7-3/h10H,5-9H2,1-4H3,(H2,12,13). The van der Waals surface area contributed by atoms with Crippen molar-refractivity contribution in [3.8, 4) is 0 Å². The molecule has 2 N–H and O–H groups in total. The van der Waals surface area contributed by atoms with Gasteiger partial charge in [0.05, 0.1) is 6.61 Å². The monoisotopic (exact) mass is 215 g/mol. The number of hydrogen-bond acceptors (Lipinski definition) is 2. The third-order valence-electron chi connectivity index (χ3n) is 2.53. The molecule has 0 aromatic rings. The Balaban J connectivity index is 4.47. The number of methoxy groups -OCH3 is 1. The van der Waals surface area contributed by atoms with Gasteiger partial charge in [-0.3, -0.25) is 4.99 Å². The predicted octanol–water partition coefficient (Wildman–Crippen LogP) is 1.46. The van der Waals surface area contributed by atoms with Crippen LogP contribution in [0.15, 0.2) is 4.99 Å². The number of hydrogen-bond donors (Lipinski definition) is 1. The van der Waals surface area contributed by atoms with E-state index in [0.29, 0.717) is 18.6 Å². The van der Waals surface area contributed by atoms with E-state index < -0.39 is 0 Å². The van der Waals surface area contributed by atoms with Gasteiger partial charge in [-0.1, -0.05) is 13.8 Å². The van der Waals surface area contributed by atoms with Gasteiger partial charge in [0.25, 0.3) is 0 Å². The molecule has 0 saturated carbocycles. The van der Waals surface area contributed by atoms with Gasteiger partial charge >= 0.3 is 0 Å². The van der Waals surface area contributed by atoms with E-state index >= 15 is 0 Å². The SMILES string of the molecule is CCN=C(N)N(CCOC)C(CC)CC. The smallest absolute Gasteiger partial charge is 0.191 e. The third kappa shape index (κ3) is 5.02. The summed E-state index contributed by atoms with van der Waals surface area (Å²) in [4.78, 5) is 6.41. The summed E-state index contributed by atoms with van der Waals surface area (Å²) in [6.07, 6.45) is 2.17. The van der Waals surface area contributed by atoms with Crippen LogP contribution in [0, 0.1) is 0 Å². The van der Waals surface area contributed by atoms with Crippen LogP contribution in [0.4, 0.5) is 0 Å². The second-order valence-electron chi connectivity index (χ2n) is 3.49. The molecular formula is C11H25N3O. The van der Waals surface area contributed by atoms with Crippen LogP contribution < -0.4 is 5.73 Å². The van der Waals surface area contributed by atoms with Crippen LogP contribution in [0.3, 0.4) is 0 Å². The Hall–Kier alpha value is -0.770. The first-order chi connectivity index (χ1) is 7.21. The molecule has 0 fully saturated rings. The summed E-state index contributed by atoms with van der Waals surface area (Å²) in [7, 11) is 1.71. The average Bonchev–Trinajstić information content (AvgIpc) is 2.24. The number of aliphatic imine (C=N–C) groups is 1. The summed E-state index contributed by atoms with van der Waals surface area (Å²) in [6.45, 7) is 8.58. The van der Waals surface area contributed by atoms with Gasteiger partial charge in [-0.25, -0.2) is 0 Å². The van der Waals surface area contributed by atoms with E-state index in [9.17, 15) is 0 Å². The molecule has 15 heavy (non-hydrogen) atoms. The van der Waals surface area contributed by atoms with E-state index in [2.05, 4.69) is 23.7 Å². The van der Waals surface area contributed by atoms with Crippen LogP contribution in [0.5, 0.6) is 0 Å². The van der Waals surface area contributed by atoms with Crippen LogP contribution in [0.1, 0.15) is 33.6 Å². The summed E-state index contributed by atoms with van der Waals surface area (Å²) in [6, 6.07) is 0.468. The van der Waals surface area contributed by atoms with Crippen molar-refractivity contribution in [1.82, 2.24) is 4.90 Å². The molecule has 0 radical (unpaired) electrons. The Morgan fingerprint density at radius 3 is 2.33 bits per heavy atom. The fourth-order valence-electron chi connectivity index (χ4n) is 1.66. The van der Waals surface area contributed by atoms with Gasteiger partial charge in [0.1, 0.15) is 0 Å². The lowest BCUT2D eigenvalue weighted by atomic mass is 10.1. The van der Waals surface area contributed by atoms with E-state index in [1.807, 2.05) is 6.92 Å². The van der Waals surface area contributed by atoms with E-state index in [-0.39, 0.29) is 0 Å². The summed E-state index contributed by atoms with van der Waals surface area (Å²) >= 11 is 0. The normalized spacial score (nSPS) is 12.2. The predicted molar refractivity (Wildman–Crippen MR) is 65.1 cm³/mol. The quantitative estimate of drug-likeness (QED) is 0.516. The van der Waals surface area contributed by atoms with Crippen molar-refractivity contribution in [2.45, 2.75) is 39.7 Å². The minimum atomic E-state index is 0.468. The minimum absolute atomic E-state index is 0.468. The van der Waals surface area contributed by atoms with Crippen molar-refractivity contribution in [3.05, 3.63) is 0 Å². The minimum Gasteiger partial charge on any atom is -0.383 e. The highest BCUT2D eigenvalue weighted by molar-refractivity contribution is 5.78. The maximum absolute atomic E-state index is 5.94. The highest BCUT2D eigenvalue weighted by Crippen LogP contribution is 2.07. The van der Waals surface area contributed by atoms with E-state index in [1.54, 1.807) is 7.11 Å². The lowest BCUT2D eigenvalue weighted by Crippen LogP contribution is -2.46. The van der Waals surface area contributed by atoms with E-state index in [4.69, 9.17) is 10.5 Å². The Morgan fingerprint density at radius 1 is 1.33 bits per heavy atom. The topological polar surface area (TPSA) is 50.8 Å². The summed E-state index contributed by atoms with van der Waals surface area (Å²) in [5.41, 5.74) is 5.94. The zero-order valence-electron chi connectivity index (χ0n) is 10.5. The van der Waals surface area contributed by atoms with Crippen molar-refractivity contribution < 1.29 is 4.74 Å². The molecule has 0 aliphatic carbocycles. The number of nitrogens with zero attached hydrogens (tertiary/aromatic N) is 2. The fraction of sp³-hybridized carbons (Fsp3) is 0.909. The highest BCUT2D eigenvalue weighted by atomic mass is 16.5. The molecule has 0 rings (SSSR count). The molecule has 0 atom stereocenters. The second-order valence-corrected chi connectivity index (χ2v) is 3.49. The first kappa shape index (κ1) is 14.2. The summed E-state index contributed by atoms with van der Waals surface area (Å²) < 4.78 is 5.09. The molecule has 90 valence electrons. The number of ether oxygens (including phenoxy) is 1. The van der Waals surface area contributed by atoms with Crippen molar-refractivity contribution >= 4 is 5.96 Å². The molecule has 4 heteroatoms. The lowest BCUT2D eigenvalue weighted by molar-refractivity contribution is 0.157. The molecular weight excluding hydrogens is 190 g/mol. The molecule has 0 aliphatic heterocycles. The number of guanidine groups is 1. The van der Waals surface area contributed by atoms with Crippen LogP contribution >= 0.6 is 0 Å². The molecule has 0 spiro atoms. The Kier molecular flexibility index (Phi) is 8.09. The van der Waals surface area contributed by atoms with Crippen molar-refractivity contribution in [3.63, 3.8) is 0 Å². The van der Waals surface area contributed by atoms with Crippen LogP contribution in [0.25, 0.3) is 0 Å². The first-order valence-electron chi connectivity index (χ1n) is 5.76. The number of nitrogens with two attached hydrogens (primary N) is 1. The largest absolute Gasteiger partial charge is 0.383 e. The molecule has 0 unspecified atom stereocenters. The van der Waals surface area contributed by atoms with E-state index in [0.717, 1.165) is 25.9 Å². The van der Waals surface area contributed by atoms with Crippen molar-refractivity contribution in [2.24, 2.45) is 10.7 Å². The molecule has 4 nitrogen and oxygen atoms in total. The Bertz CT molecular complexity index is 179. The van der Waals surface area contributed by atoms with Crippen LogP contribution in [-0.4, -0.2) is 43.7 Å². The third-order valence-corrected chi connectivity index (χ3v) is 2.53. The maximum atomic E-state index is 5.94. The van der Waals surface area contributed by atoms with Gasteiger partial charge in [-0.2, -0.15) is 0 Å². The zero-order chi connectivity index (χ0) is 11.7. The second kappa shape index (κ2) is 8.53. The number of rotatable bonds is 7. The Labute approximate surface area is 93.5 Å². The van der Waals surface area contributed by atoms with Crippen molar-refractivity contribution in [2.75, 3.05) is 26.8 Å². The van der Waals surface area contributed by atoms with Gasteiger partial charge in [0, 0.05) is 26.2 Å². The van der Waals surface area contributed by atoms with Crippen LogP contribution in [-0.2, 0) is 4.74 Å². The maximum Gasteiger partial charge on any atom is 0.191 e. The van der Waals surface area contributed by atoms with Gasteiger partial charge in [-0.05, 0) is 19.8 Å². The van der Waals surface area contributed by atoms with E-state index in [1.165, 1.54) is 0 Å². The highest BCUT2D eigenvalue weighted by Gasteiger charge is 2.16. The Morgan fingerprint density at radius 2 is 1.93 bits per heavy atom. The molecule has 0 saturated heterocycles. The summed E-state index contributed by atoms with van der Waals surface area (Å²) in [5.74, 6) is 0.642. The average molecular weight is 215 g/mol. The van der Waals surface area contributed by atoms with Crippen LogP contribution in [0.2, 0.25) is 0 Å². The van der Waals surface area contributed by atoms with Gasteiger partial charge < -0.3 is 15.4 Å². The molecule has 0 bridgehead atoms. The lowest BCUT2D eigenvalue weighted by Gasteiger charge is -2.31. The van der Waals surface area contributed by atoms with Gasteiger partial charge in [-0.15, -0.1) is 0 Å². The fourth-order valence-corrected chi connectivity index (χ4v) is 1.66. The molecule has 0 heterocycles. The molecule has 0 aromatic heterocycles. The molecule has 0 amide bonds. The van der Waals surface area contributed by atoms with Gasteiger partial charge in [0.2, 0.25) is 0 Å².